The Morgan fingerprint density at radius 1 is 0.964 bits per heavy atom. The van der Waals surface area contributed by atoms with Crippen LogP contribution in [0.25, 0.3) is 0 Å². The zero-order valence-corrected chi connectivity index (χ0v) is 16.0. The summed E-state index contributed by atoms with van der Waals surface area (Å²) in [5.41, 5.74) is 1.99. The molecule has 0 saturated heterocycles. The lowest BCUT2D eigenvalue weighted by molar-refractivity contribution is 0.102. The number of rotatable bonds is 6. The largest absolute Gasteiger partial charge is 0.322 e. The normalized spacial score (nSPS) is 11.2. The van der Waals surface area contributed by atoms with Crippen LogP contribution in [0.2, 0.25) is 0 Å². The van der Waals surface area contributed by atoms with Crippen LogP contribution in [0.3, 0.4) is 0 Å². The molecule has 0 spiro atoms. The molecule has 0 saturated carbocycles. The van der Waals surface area contributed by atoms with Gasteiger partial charge in [-0.3, -0.25) is 4.79 Å². The predicted octanol–water partition coefficient (Wildman–Crippen LogP) is 3.86. The van der Waals surface area contributed by atoms with E-state index in [9.17, 15) is 17.6 Å². The number of anilines is 1. The van der Waals surface area contributed by atoms with Crippen molar-refractivity contribution in [1.29, 1.82) is 0 Å². The Hall–Kier alpha value is -3.03. The van der Waals surface area contributed by atoms with Gasteiger partial charge in [-0.25, -0.2) is 17.5 Å². The summed E-state index contributed by atoms with van der Waals surface area (Å²) >= 11 is 0. The highest BCUT2D eigenvalue weighted by molar-refractivity contribution is 7.89. The summed E-state index contributed by atoms with van der Waals surface area (Å²) in [6.07, 6.45) is 0. The zero-order chi connectivity index (χ0) is 20.1. The molecule has 0 aromatic heterocycles. The van der Waals surface area contributed by atoms with E-state index in [4.69, 9.17) is 0 Å². The highest BCUT2D eigenvalue weighted by atomic mass is 32.2. The first-order valence-corrected chi connectivity index (χ1v) is 10.1. The minimum Gasteiger partial charge on any atom is -0.322 e. The van der Waals surface area contributed by atoms with Crippen LogP contribution >= 0.6 is 0 Å². The smallest absolute Gasteiger partial charge is 0.255 e. The van der Waals surface area contributed by atoms with E-state index >= 15 is 0 Å². The van der Waals surface area contributed by atoms with E-state index in [0.717, 1.165) is 5.56 Å². The maximum atomic E-state index is 13.7. The molecule has 0 radical (unpaired) electrons. The Morgan fingerprint density at radius 3 is 2.43 bits per heavy atom. The van der Waals surface area contributed by atoms with E-state index in [-0.39, 0.29) is 22.6 Å². The van der Waals surface area contributed by atoms with E-state index in [1.54, 1.807) is 18.2 Å². The van der Waals surface area contributed by atoms with Crippen molar-refractivity contribution < 1.29 is 17.6 Å². The first kappa shape index (κ1) is 19.7. The average Bonchev–Trinajstić information content (AvgIpc) is 2.69. The molecule has 7 heteroatoms. The molecular weight excluding hydrogens is 379 g/mol. The maximum absolute atomic E-state index is 13.7. The van der Waals surface area contributed by atoms with Crippen LogP contribution in [0.15, 0.2) is 77.7 Å². The number of hydrogen-bond acceptors (Lipinski definition) is 3. The number of halogens is 1. The summed E-state index contributed by atoms with van der Waals surface area (Å²) in [6.45, 7) is 1.68. The van der Waals surface area contributed by atoms with Crippen LogP contribution in [0, 0.1) is 12.7 Å². The van der Waals surface area contributed by atoms with Crippen LogP contribution in [0.1, 0.15) is 21.5 Å². The minimum absolute atomic E-state index is 0.0683. The summed E-state index contributed by atoms with van der Waals surface area (Å²) in [7, 11) is -3.91. The number of hydrogen-bond donors (Lipinski definition) is 2. The molecule has 0 bridgehead atoms. The van der Waals surface area contributed by atoms with Gasteiger partial charge in [0.2, 0.25) is 10.0 Å². The Kier molecular flexibility index (Phi) is 5.87. The SMILES string of the molecule is Cc1ccccc1NC(=O)c1cccc(S(=O)(=O)NCc2ccccc2F)c1. The van der Waals surface area contributed by atoms with Crippen LogP contribution in [-0.4, -0.2) is 14.3 Å². The molecule has 2 N–H and O–H groups in total. The Morgan fingerprint density at radius 2 is 1.68 bits per heavy atom. The molecule has 0 aliphatic rings. The number of carbonyl (C=O) groups excluding carboxylic acids is 1. The third kappa shape index (κ3) is 4.62. The molecule has 0 unspecified atom stereocenters. The molecule has 5 nitrogen and oxygen atoms in total. The first-order chi connectivity index (χ1) is 13.4. The summed E-state index contributed by atoms with van der Waals surface area (Å²) in [6, 6.07) is 18.9. The van der Waals surface area contributed by atoms with Gasteiger partial charge in [-0.2, -0.15) is 0 Å². The van der Waals surface area contributed by atoms with Crippen molar-refractivity contribution in [2.24, 2.45) is 0 Å². The van der Waals surface area contributed by atoms with Gasteiger partial charge in [0.25, 0.3) is 5.91 Å². The second-order valence-corrected chi connectivity index (χ2v) is 7.98. The maximum Gasteiger partial charge on any atom is 0.255 e. The quantitative estimate of drug-likeness (QED) is 0.662. The van der Waals surface area contributed by atoms with Crippen LogP contribution in [0.4, 0.5) is 10.1 Å². The summed E-state index contributed by atoms with van der Waals surface area (Å²) in [5.74, 6) is -0.906. The van der Waals surface area contributed by atoms with Gasteiger partial charge in [0.05, 0.1) is 4.90 Å². The standard InChI is InChI=1S/C21H19FN2O3S/c1-15-7-2-5-12-20(15)24-21(25)16-9-6-10-18(13-16)28(26,27)23-14-17-8-3-4-11-19(17)22/h2-13,23H,14H2,1H3,(H,24,25). The van der Waals surface area contributed by atoms with Gasteiger partial charge in [-0.15, -0.1) is 0 Å². The summed E-state index contributed by atoms with van der Waals surface area (Å²) in [4.78, 5) is 12.4. The van der Waals surface area contributed by atoms with E-state index < -0.39 is 21.7 Å². The van der Waals surface area contributed by atoms with Crippen LogP contribution < -0.4 is 10.0 Å². The Labute approximate surface area is 163 Å². The van der Waals surface area contributed by atoms with Crippen molar-refractivity contribution in [3.8, 4) is 0 Å². The van der Waals surface area contributed by atoms with Crippen molar-refractivity contribution >= 4 is 21.6 Å². The molecule has 1 amide bonds. The average molecular weight is 398 g/mol. The van der Waals surface area contributed by atoms with E-state index in [1.165, 1.54) is 42.5 Å². The van der Waals surface area contributed by atoms with Gasteiger partial charge in [0.15, 0.2) is 0 Å². The van der Waals surface area contributed by atoms with Crippen molar-refractivity contribution in [3.63, 3.8) is 0 Å². The van der Waals surface area contributed by atoms with Gasteiger partial charge in [-0.05, 0) is 42.8 Å². The zero-order valence-electron chi connectivity index (χ0n) is 15.1. The molecule has 28 heavy (non-hydrogen) atoms. The topological polar surface area (TPSA) is 75.3 Å². The second-order valence-electron chi connectivity index (χ2n) is 6.21. The van der Waals surface area contributed by atoms with Gasteiger partial charge >= 0.3 is 0 Å². The lowest BCUT2D eigenvalue weighted by atomic mass is 10.1. The van der Waals surface area contributed by atoms with Crippen molar-refractivity contribution in [2.45, 2.75) is 18.4 Å². The Bertz CT molecular complexity index is 1110. The lowest BCUT2D eigenvalue weighted by Crippen LogP contribution is -2.24. The van der Waals surface area contributed by atoms with Gasteiger partial charge in [0.1, 0.15) is 5.82 Å². The molecule has 3 aromatic carbocycles. The van der Waals surface area contributed by atoms with Crippen LogP contribution in [0.5, 0.6) is 0 Å². The minimum atomic E-state index is -3.91. The second kappa shape index (κ2) is 8.33. The molecule has 0 heterocycles. The van der Waals surface area contributed by atoms with Crippen molar-refractivity contribution in [3.05, 3.63) is 95.3 Å². The molecule has 3 aromatic rings. The number of benzene rings is 3. The molecule has 3 rings (SSSR count). The number of aryl methyl sites for hydroxylation is 1. The third-order valence-electron chi connectivity index (χ3n) is 4.21. The monoisotopic (exact) mass is 398 g/mol. The first-order valence-electron chi connectivity index (χ1n) is 8.57. The lowest BCUT2D eigenvalue weighted by Gasteiger charge is -2.10. The molecule has 0 aliphatic heterocycles. The fourth-order valence-corrected chi connectivity index (χ4v) is 3.66. The Balaban J connectivity index is 1.77. The molecular formula is C21H19FN2O3S. The fourth-order valence-electron chi connectivity index (χ4n) is 2.61. The van der Waals surface area contributed by atoms with Crippen LogP contribution in [-0.2, 0) is 16.6 Å². The van der Waals surface area contributed by atoms with Gasteiger partial charge in [0, 0.05) is 23.4 Å². The highest BCUT2D eigenvalue weighted by Crippen LogP contribution is 2.17. The number of nitrogens with one attached hydrogen (secondary N) is 2. The van der Waals surface area contributed by atoms with Gasteiger partial charge < -0.3 is 5.32 Å². The van der Waals surface area contributed by atoms with E-state index in [2.05, 4.69) is 10.0 Å². The number of carbonyl (C=O) groups is 1. The van der Waals surface area contributed by atoms with Crippen molar-refractivity contribution in [1.82, 2.24) is 4.72 Å². The number of amides is 1. The van der Waals surface area contributed by atoms with E-state index in [0.29, 0.717) is 5.69 Å². The summed E-state index contributed by atoms with van der Waals surface area (Å²) < 4.78 is 41.1. The third-order valence-corrected chi connectivity index (χ3v) is 5.61. The van der Waals surface area contributed by atoms with E-state index in [1.807, 2.05) is 19.1 Å². The number of sulfonamides is 1. The highest BCUT2D eigenvalue weighted by Gasteiger charge is 2.17. The molecule has 0 aliphatic carbocycles. The summed E-state index contributed by atoms with van der Waals surface area (Å²) in [5, 5.41) is 2.77. The predicted molar refractivity (Wildman–Crippen MR) is 106 cm³/mol. The van der Waals surface area contributed by atoms with Gasteiger partial charge in [-0.1, -0.05) is 42.5 Å². The molecule has 0 atom stereocenters. The van der Waals surface area contributed by atoms with Crippen molar-refractivity contribution in [2.75, 3.05) is 5.32 Å². The molecule has 144 valence electrons. The fraction of sp³-hybridized carbons (Fsp3) is 0.0952. The molecule has 0 fully saturated rings. The number of para-hydroxylation sites is 1.